The second-order valence-electron chi connectivity index (χ2n) is 5.21. The molecule has 0 saturated carbocycles. The SMILES string of the molecule is CS(=O)(=O)c1ccc2nc(NC(=O)COc3ccc(Br)cc3)sc2c1. The molecule has 0 radical (unpaired) electrons. The van der Waals surface area contributed by atoms with Crippen LogP contribution < -0.4 is 10.1 Å². The molecule has 9 heteroatoms. The zero-order chi connectivity index (χ0) is 18.0. The Morgan fingerprint density at radius 1 is 1.24 bits per heavy atom. The van der Waals surface area contributed by atoms with Crippen LogP contribution in [-0.2, 0) is 14.6 Å². The standard InChI is InChI=1S/C16H13BrN2O4S2/c1-25(21,22)12-6-7-13-14(8-12)24-16(18-13)19-15(20)9-23-11-4-2-10(17)3-5-11/h2-8H,9H2,1H3,(H,18,19,20). The van der Waals surface area contributed by atoms with E-state index in [0.717, 1.165) is 10.7 Å². The highest BCUT2D eigenvalue weighted by Gasteiger charge is 2.12. The van der Waals surface area contributed by atoms with Crippen LogP contribution in [0.25, 0.3) is 10.2 Å². The molecule has 0 aliphatic carbocycles. The Bertz CT molecular complexity index is 1030. The summed E-state index contributed by atoms with van der Waals surface area (Å²) in [6.07, 6.45) is 1.15. The van der Waals surface area contributed by atoms with Crippen LogP contribution in [0.2, 0.25) is 0 Å². The van der Waals surface area contributed by atoms with Gasteiger partial charge < -0.3 is 4.74 Å². The minimum atomic E-state index is -3.28. The predicted octanol–water partition coefficient (Wildman–Crippen LogP) is 3.48. The number of hydrogen-bond donors (Lipinski definition) is 1. The molecule has 1 amide bonds. The Kier molecular flexibility index (Phi) is 5.07. The number of sulfone groups is 1. The summed E-state index contributed by atoms with van der Waals surface area (Å²) in [5, 5.41) is 3.05. The first-order chi connectivity index (χ1) is 11.8. The average Bonchev–Trinajstić information content (AvgIpc) is 2.94. The maximum absolute atomic E-state index is 12.0. The lowest BCUT2D eigenvalue weighted by molar-refractivity contribution is -0.118. The molecular weight excluding hydrogens is 428 g/mol. The van der Waals surface area contributed by atoms with Gasteiger partial charge in [-0.3, -0.25) is 10.1 Å². The van der Waals surface area contributed by atoms with Gasteiger partial charge in [0.05, 0.1) is 15.1 Å². The molecule has 0 saturated heterocycles. The van der Waals surface area contributed by atoms with Crippen LogP contribution in [-0.4, -0.2) is 32.2 Å². The van der Waals surface area contributed by atoms with E-state index in [1.165, 1.54) is 17.4 Å². The number of halogens is 1. The predicted molar refractivity (Wildman–Crippen MR) is 101 cm³/mol. The smallest absolute Gasteiger partial charge is 0.264 e. The molecule has 0 fully saturated rings. The third kappa shape index (κ3) is 4.56. The first-order valence-corrected chi connectivity index (χ1v) is 10.6. The molecule has 3 aromatic rings. The number of carbonyl (C=O) groups excluding carboxylic acids is 1. The first kappa shape index (κ1) is 17.8. The molecule has 1 N–H and O–H groups in total. The van der Waals surface area contributed by atoms with Gasteiger partial charge in [-0.05, 0) is 42.5 Å². The number of benzene rings is 2. The Balaban J connectivity index is 1.67. The summed E-state index contributed by atoms with van der Waals surface area (Å²) in [5.41, 5.74) is 0.626. The van der Waals surface area contributed by atoms with E-state index in [-0.39, 0.29) is 17.4 Å². The summed E-state index contributed by atoms with van der Waals surface area (Å²) >= 11 is 4.53. The highest BCUT2D eigenvalue weighted by molar-refractivity contribution is 9.10. The molecule has 1 heterocycles. The molecule has 2 aromatic carbocycles. The van der Waals surface area contributed by atoms with Gasteiger partial charge in [0.2, 0.25) is 0 Å². The number of anilines is 1. The van der Waals surface area contributed by atoms with Gasteiger partial charge in [0.25, 0.3) is 5.91 Å². The number of fused-ring (bicyclic) bond motifs is 1. The van der Waals surface area contributed by atoms with Crippen molar-refractivity contribution in [1.82, 2.24) is 4.98 Å². The molecule has 130 valence electrons. The highest BCUT2D eigenvalue weighted by atomic mass is 79.9. The van der Waals surface area contributed by atoms with Crippen LogP contribution in [0.1, 0.15) is 0 Å². The molecule has 3 rings (SSSR count). The van der Waals surface area contributed by atoms with E-state index in [2.05, 4.69) is 26.2 Å². The zero-order valence-corrected chi connectivity index (χ0v) is 16.2. The van der Waals surface area contributed by atoms with Gasteiger partial charge in [0.1, 0.15) is 5.75 Å². The van der Waals surface area contributed by atoms with Crippen molar-refractivity contribution in [2.45, 2.75) is 4.90 Å². The fraction of sp³-hybridized carbons (Fsp3) is 0.125. The molecule has 0 spiro atoms. The van der Waals surface area contributed by atoms with Crippen molar-refractivity contribution in [2.24, 2.45) is 0 Å². The van der Waals surface area contributed by atoms with E-state index in [1.54, 1.807) is 24.3 Å². The number of aromatic nitrogens is 1. The Labute approximate surface area is 156 Å². The zero-order valence-electron chi connectivity index (χ0n) is 13.0. The van der Waals surface area contributed by atoms with Gasteiger partial charge in [0, 0.05) is 10.7 Å². The normalized spacial score (nSPS) is 11.4. The van der Waals surface area contributed by atoms with Crippen molar-refractivity contribution in [1.29, 1.82) is 0 Å². The summed E-state index contributed by atoms with van der Waals surface area (Å²) in [6, 6.07) is 11.8. The monoisotopic (exact) mass is 440 g/mol. The number of carbonyl (C=O) groups is 1. The van der Waals surface area contributed by atoms with Crippen LogP contribution in [0, 0.1) is 0 Å². The largest absolute Gasteiger partial charge is 0.484 e. The summed E-state index contributed by atoms with van der Waals surface area (Å²) in [4.78, 5) is 16.5. The topological polar surface area (TPSA) is 85.4 Å². The van der Waals surface area contributed by atoms with Gasteiger partial charge >= 0.3 is 0 Å². The third-order valence-electron chi connectivity index (χ3n) is 3.22. The number of nitrogens with one attached hydrogen (secondary N) is 1. The van der Waals surface area contributed by atoms with Gasteiger partial charge in [-0.1, -0.05) is 27.3 Å². The Morgan fingerprint density at radius 2 is 1.96 bits per heavy atom. The van der Waals surface area contributed by atoms with Crippen molar-refractivity contribution < 1.29 is 17.9 Å². The van der Waals surface area contributed by atoms with Crippen LogP contribution in [0.3, 0.4) is 0 Å². The van der Waals surface area contributed by atoms with Crippen molar-refractivity contribution in [3.63, 3.8) is 0 Å². The number of hydrogen-bond acceptors (Lipinski definition) is 6. The highest BCUT2D eigenvalue weighted by Crippen LogP contribution is 2.28. The maximum atomic E-state index is 12.0. The van der Waals surface area contributed by atoms with Crippen molar-refractivity contribution in [2.75, 3.05) is 18.2 Å². The van der Waals surface area contributed by atoms with Gasteiger partial charge in [0.15, 0.2) is 21.6 Å². The number of thiazole rings is 1. The van der Waals surface area contributed by atoms with Crippen molar-refractivity contribution >= 4 is 58.4 Å². The number of ether oxygens (including phenoxy) is 1. The molecule has 0 aliphatic rings. The summed E-state index contributed by atoms with van der Waals surface area (Å²) in [7, 11) is -3.28. The Morgan fingerprint density at radius 3 is 2.64 bits per heavy atom. The first-order valence-electron chi connectivity index (χ1n) is 7.10. The molecule has 0 unspecified atom stereocenters. The van der Waals surface area contributed by atoms with E-state index in [1.807, 2.05) is 12.1 Å². The van der Waals surface area contributed by atoms with Crippen LogP contribution in [0.5, 0.6) is 5.75 Å². The minimum Gasteiger partial charge on any atom is -0.484 e. The van der Waals surface area contributed by atoms with Crippen molar-refractivity contribution in [3.05, 3.63) is 46.9 Å². The van der Waals surface area contributed by atoms with E-state index >= 15 is 0 Å². The number of nitrogens with zero attached hydrogens (tertiary/aromatic N) is 1. The van der Waals surface area contributed by atoms with Gasteiger partial charge in [-0.2, -0.15) is 0 Å². The molecule has 1 aromatic heterocycles. The summed E-state index contributed by atoms with van der Waals surface area (Å²) in [5.74, 6) is 0.241. The van der Waals surface area contributed by atoms with Crippen molar-refractivity contribution in [3.8, 4) is 5.75 Å². The lowest BCUT2D eigenvalue weighted by atomic mass is 10.3. The summed E-state index contributed by atoms with van der Waals surface area (Å²) < 4.78 is 30.2. The molecule has 25 heavy (non-hydrogen) atoms. The fourth-order valence-corrected chi connectivity index (χ4v) is 3.93. The second kappa shape index (κ2) is 7.11. The van der Waals surface area contributed by atoms with Crippen LogP contribution in [0.4, 0.5) is 5.13 Å². The lowest BCUT2D eigenvalue weighted by Gasteiger charge is -2.05. The quantitative estimate of drug-likeness (QED) is 0.656. The Hall–Kier alpha value is -1.97. The summed E-state index contributed by atoms with van der Waals surface area (Å²) in [6.45, 7) is -0.147. The second-order valence-corrected chi connectivity index (χ2v) is 9.17. The third-order valence-corrected chi connectivity index (χ3v) is 5.79. The average molecular weight is 441 g/mol. The number of amides is 1. The molecule has 0 bridgehead atoms. The fourth-order valence-electron chi connectivity index (χ4n) is 2.02. The minimum absolute atomic E-state index is 0.147. The van der Waals surface area contributed by atoms with E-state index < -0.39 is 9.84 Å². The lowest BCUT2D eigenvalue weighted by Crippen LogP contribution is -2.19. The molecule has 6 nitrogen and oxygen atoms in total. The maximum Gasteiger partial charge on any atom is 0.264 e. The van der Waals surface area contributed by atoms with Crippen LogP contribution >= 0.6 is 27.3 Å². The van der Waals surface area contributed by atoms with Gasteiger partial charge in [-0.15, -0.1) is 0 Å². The number of rotatable bonds is 5. The van der Waals surface area contributed by atoms with E-state index in [9.17, 15) is 13.2 Å². The van der Waals surface area contributed by atoms with Crippen LogP contribution in [0.15, 0.2) is 51.8 Å². The molecule has 0 atom stereocenters. The van der Waals surface area contributed by atoms with E-state index in [4.69, 9.17) is 4.74 Å². The molecular formula is C16H13BrN2O4S2. The van der Waals surface area contributed by atoms with E-state index in [0.29, 0.717) is 21.1 Å². The molecule has 0 aliphatic heterocycles. The van der Waals surface area contributed by atoms with Gasteiger partial charge in [-0.25, -0.2) is 13.4 Å².